The first-order chi connectivity index (χ1) is 17.4. The number of carbonyl (C=O) groups is 3. The fraction of sp³-hybridized carbons (Fsp3) is 0.464. The number of carbonyl (C=O) groups excluding carboxylic acids is 3. The predicted octanol–water partition coefficient (Wildman–Crippen LogP) is 5.01. The fourth-order valence-electron chi connectivity index (χ4n) is 3.71. The van der Waals surface area contributed by atoms with Gasteiger partial charge < -0.3 is 30.1 Å². The normalized spacial score (nSPS) is 12.7. The summed E-state index contributed by atoms with van der Waals surface area (Å²) >= 11 is 0. The first-order valence-electron chi connectivity index (χ1n) is 12.5. The van der Waals surface area contributed by atoms with Gasteiger partial charge in [0.25, 0.3) is 5.91 Å². The molecule has 2 atom stereocenters. The van der Waals surface area contributed by atoms with E-state index in [0.29, 0.717) is 30.0 Å². The van der Waals surface area contributed by atoms with Gasteiger partial charge in [0.05, 0.1) is 7.11 Å². The van der Waals surface area contributed by atoms with E-state index in [1.807, 2.05) is 6.92 Å². The lowest BCUT2D eigenvalue weighted by molar-refractivity contribution is -0.140. The van der Waals surface area contributed by atoms with Crippen molar-refractivity contribution < 1.29 is 29.0 Å². The quantitative estimate of drug-likeness (QED) is 0.364. The zero-order chi connectivity index (χ0) is 27.6. The Morgan fingerprint density at radius 3 is 2.16 bits per heavy atom. The number of methoxy groups -OCH3 is 1. The van der Waals surface area contributed by atoms with Crippen LogP contribution in [0.25, 0.3) is 0 Å². The summed E-state index contributed by atoms with van der Waals surface area (Å²) in [5, 5.41) is 15.3. The van der Waals surface area contributed by atoms with Crippen molar-refractivity contribution in [3.63, 3.8) is 0 Å². The lowest BCUT2D eigenvalue weighted by atomic mass is 10.0. The maximum absolute atomic E-state index is 13.7. The van der Waals surface area contributed by atoms with Gasteiger partial charge in [0.2, 0.25) is 5.91 Å². The number of hydrogen-bond acceptors (Lipinski definition) is 6. The summed E-state index contributed by atoms with van der Waals surface area (Å²) < 4.78 is 10.5. The van der Waals surface area contributed by atoms with Crippen LogP contribution < -0.4 is 15.4 Å². The Hall–Kier alpha value is -3.75. The van der Waals surface area contributed by atoms with Gasteiger partial charge in [-0.1, -0.05) is 31.9 Å². The van der Waals surface area contributed by atoms with Crippen molar-refractivity contribution in [3.05, 3.63) is 54.1 Å². The van der Waals surface area contributed by atoms with E-state index in [1.54, 1.807) is 71.2 Å². The second-order valence-electron chi connectivity index (χ2n) is 9.82. The Bertz CT molecular complexity index is 1030. The van der Waals surface area contributed by atoms with Gasteiger partial charge in [-0.3, -0.25) is 9.59 Å². The van der Waals surface area contributed by atoms with Crippen LogP contribution in [0.4, 0.5) is 10.5 Å². The highest BCUT2D eigenvalue weighted by molar-refractivity contribution is 5.99. The van der Waals surface area contributed by atoms with E-state index < -0.39 is 35.6 Å². The number of benzene rings is 2. The van der Waals surface area contributed by atoms with E-state index in [1.165, 1.54) is 17.0 Å². The Balaban J connectivity index is 2.40. The molecule has 0 saturated carbocycles. The fourth-order valence-corrected chi connectivity index (χ4v) is 3.71. The van der Waals surface area contributed by atoms with Gasteiger partial charge in [-0.25, -0.2) is 4.79 Å². The van der Waals surface area contributed by atoms with E-state index in [0.717, 1.165) is 12.8 Å². The van der Waals surface area contributed by atoms with Crippen molar-refractivity contribution in [1.82, 2.24) is 10.2 Å². The molecule has 9 heteroatoms. The van der Waals surface area contributed by atoms with Crippen molar-refractivity contribution in [1.29, 1.82) is 0 Å². The van der Waals surface area contributed by atoms with Gasteiger partial charge in [0, 0.05) is 12.2 Å². The Labute approximate surface area is 219 Å². The molecule has 0 saturated heterocycles. The molecule has 0 spiro atoms. The van der Waals surface area contributed by atoms with Gasteiger partial charge in [0.1, 0.15) is 29.2 Å². The number of alkyl carbamates (subject to hydrolysis) is 1. The average Bonchev–Trinajstić information content (AvgIpc) is 2.83. The Morgan fingerprint density at radius 1 is 1.00 bits per heavy atom. The minimum Gasteiger partial charge on any atom is -0.508 e. The molecule has 2 rings (SSSR count). The maximum atomic E-state index is 13.7. The first kappa shape index (κ1) is 29.5. The van der Waals surface area contributed by atoms with Crippen LogP contribution >= 0.6 is 0 Å². The van der Waals surface area contributed by atoms with Crippen molar-refractivity contribution >= 4 is 23.6 Å². The summed E-state index contributed by atoms with van der Waals surface area (Å²) in [5.41, 5.74) is 0.342. The maximum Gasteiger partial charge on any atom is 0.408 e. The summed E-state index contributed by atoms with van der Waals surface area (Å²) in [6.45, 7) is 9.12. The summed E-state index contributed by atoms with van der Waals surface area (Å²) in [7, 11) is 1.56. The van der Waals surface area contributed by atoms with E-state index in [4.69, 9.17) is 9.47 Å². The third-order valence-electron chi connectivity index (χ3n) is 5.52. The van der Waals surface area contributed by atoms with Crippen molar-refractivity contribution in [2.45, 2.75) is 71.6 Å². The standard InChI is InChI=1S/C28H39N3O6/c1-7-8-9-18-31(26(34)19(2)29-27(35)37-28(3,4)5)24(20-10-14-22(32)15-11-20)25(33)30-21-12-16-23(36-6)17-13-21/h10-17,19,24,32H,7-9,18H2,1-6H3,(H,29,35)(H,30,33). The van der Waals surface area contributed by atoms with Crippen LogP contribution in [0.3, 0.4) is 0 Å². The van der Waals surface area contributed by atoms with E-state index in [-0.39, 0.29) is 5.75 Å². The van der Waals surface area contributed by atoms with Gasteiger partial charge in [-0.05, 0) is 76.1 Å². The molecule has 0 heterocycles. The molecule has 0 aliphatic heterocycles. The number of phenols is 1. The SMILES string of the molecule is CCCCCN(C(=O)C(C)NC(=O)OC(C)(C)C)C(C(=O)Nc1ccc(OC)cc1)c1ccc(O)cc1. The molecule has 0 aliphatic rings. The molecule has 0 radical (unpaired) electrons. The molecule has 0 fully saturated rings. The van der Waals surface area contributed by atoms with Crippen molar-refractivity contribution in [2.75, 3.05) is 19.0 Å². The number of unbranched alkanes of at least 4 members (excludes halogenated alkanes) is 2. The zero-order valence-electron chi connectivity index (χ0n) is 22.5. The summed E-state index contributed by atoms with van der Waals surface area (Å²) in [6.07, 6.45) is 1.74. The van der Waals surface area contributed by atoms with Gasteiger partial charge in [-0.15, -0.1) is 0 Å². The van der Waals surface area contributed by atoms with Crippen molar-refractivity contribution in [2.24, 2.45) is 0 Å². The molecule has 2 aromatic rings. The van der Waals surface area contributed by atoms with Crippen LogP contribution in [-0.2, 0) is 14.3 Å². The molecular formula is C28H39N3O6. The summed E-state index contributed by atoms with van der Waals surface area (Å²) in [4.78, 5) is 41.1. The third kappa shape index (κ3) is 9.33. The zero-order valence-corrected chi connectivity index (χ0v) is 22.5. The number of amides is 3. The smallest absolute Gasteiger partial charge is 0.408 e. The van der Waals surface area contributed by atoms with Gasteiger partial charge in [-0.2, -0.15) is 0 Å². The van der Waals surface area contributed by atoms with Gasteiger partial charge >= 0.3 is 6.09 Å². The molecule has 2 aromatic carbocycles. The molecule has 37 heavy (non-hydrogen) atoms. The van der Waals surface area contributed by atoms with Crippen LogP contribution in [-0.4, -0.2) is 53.2 Å². The molecule has 0 aromatic heterocycles. The number of hydrogen-bond donors (Lipinski definition) is 3. The lowest BCUT2D eigenvalue weighted by Gasteiger charge is -2.33. The lowest BCUT2D eigenvalue weighted by Crippen LogP contribution is -2.51. The van der Waals surface area contributed by atoms with Crippen LogP contribution in [0.15, 0.2) is 48.5 Å². The molecular weight excluding hydrogens is 474 g/mol. The molecule has 9 nitrogen and oxygen atoms in total. The number of phenolic OH excluding ortho intramolecular Hbond substituents is 1. The Kier molecular flexibility index (Phi) is 10.8. The first-order valence-corrected chi connectivity index (χ1v) is 12.5. The Morgan fingerprint density at radius 2 is 1.62 bits per heavy atom. The van der Waals surface area contributed by atoms with Crippen LogP contribution in [0.2, 0.25) is 0 Å². The highest BCUT2D eigenvalue weighted by atomic mass is 16.6. The second kappa shape index (κ2) is 13.5. The number of nitrogens with zero attached hydrogens (tertiary/aromatic N) is 1. The van der Waals surface area contributed by atoms with E-state index >= 15 is 0 Å². The van der Waals surface area contributed by atoms with E-state index in [9.17, 15) is 19.5 Å². The number of aromatic hydroxyl groups is 1. The second-order valence-corrected chi connectivity index (χ2v) is 9.82. The number of nitrogens with one attached hydrogen (secondary N) is 2. The highest BCUT2D eigenvalue weighted by Gasteiger charge is 2.34. The summed E-state index contributed by atoms with van der Waals surface area (Å²) in [5.74, 6) is -0.163. The molecule has 202 valence electrons. The average molecular weight is 514 g/mol. The molecule has 0 aliphatic carbocycles. The van der Waals surface area contributed by atoms with Gasteiger partial charge in [0.15, 0.2) is 0 Å². The van der Waals surface area contributed by atoms with Crippen LogP contribution in [0.1, 0.15) is 65.5 Å². The molecule has 0 bridgehead atoms. The highest BCUT2D eigenvalue weighted by Crippen LogP contribution is 2.27. The summed E-state index contributed by atoms with van der Waals surface area (Å²) in [6, 6.07) is 11.1. The minimum absolute atomic E-state index is 0.0434. The molecule has 3 N–H and O–H groups in total. The number of ether oxygens (including phenoxy) is 2. The topological polar surface area (TPSA) is 117 Å². The number of rotatable bonds is 11. The molecule has 3 amide bonds. The number of anilines is 1. The van der Waals surface area contributed by atoms with Crippen LogP contribution in [0, 0.1) is 0 Å². The van der Waals surface area contributed by atoms with Crippen molar-refractivity contribution in [3.8, 4) is 11.5 Å². The third-order valence-corrected chi connectivity index (χ3v) is 5.52. The van der Waals surface area contributed by atoms with E-state index in [2.05, 4.69) is 10.6 Å². The minimum atomic E-state index is -1.00. The van der Waals surface area contributed by atoms with Crippen LogP contribution in [0.5, 0.6) is 11.5 Å². The largest absolute Gasteiger partial charge is 0.508 e. The predicted molar refractivity (Wildman–Crippen MR) is 143 cm³/mol. The monoisotopic (exact) mass is 513 g/mol. The molecule has 2 unspecified atom stereocenters.